The molecule has 5 heterocycles. The fraction of sp³-hybridized carbons (Fsp3) is 0.400. The van der Waals surface area contributed by atoms with Gasteiger partial charge in [0.1, 0.15) is 5.82 Å². The third kappa shape index (κ3) is 4.07. The summed E-state index contributed by atoms with van der Waals surface area (Å²) in [5, 5.41) is 17.6. The van der Waals surface area contributed by atoms with E-state index in [1.165, 1.54) is 12.1 Å². The monoisotopic (exact) mass is 479 g/mol. The van der Waals surface area contributed by atoms with E-state index in [4.69, 9.17) is 4.74 Å². The van der Waals surface area contributed by atoms with Crippen LogP contribution in [0.25, 0.3) is 10.9 Å². The van der Waals surface area contributed by atoms with Gasteiger partial charge in [0.15, 0.2) is 18.2 Å². The van der Waals surface area contributed by atoms with Crippen molar-refractivity contribution in [3.63, 3.8) is 0 Å². The Bertz CT molecular complexity index is 1380. The van der Waals surface area contributed by atoms with Gasteiger partial charge in [-0.25, -0.2) is 9.37 Å². The Balaban J connectivity index is 1.08. The topological polar surface area (TPSA) is 109 Å². The van der Waals surface area contributed by atoms with E-state index in [9.17, 15) is 19.1 Å². The molecule has 3 aliphatic rings. The van der Waals surface area contributed by atoms with E-state index in [-0.39, 0.29) is 35.7 Å². The number of aliphatic hydroxyl groups is 1. The molecule has 1 unspecified atom stereocenters. The van der Waals surface area contributed by atoms with Crippen molar-refractivity contribution in [3.8, 4) is 5.75 Å². The lowest BCUT2D eigenvalue weighted by atomic mass is 9.98. The van der Waals surface area contributed by atoms with Gasteiger partial charge in [-0.05, 0) is 35.7 Å². The highest BCUT2D eigenvalue weighted by Crippen LogP contribution is 2.36. The molecule has 0 spiro atoms. The fourth-order valence-electron chi connectivity index (χ4n) is 5.52. The lowest BCUT2D eigenvalue weighted by molar-refractivity contribution is -0.118. The highest BCUT2D eigenvalue weighted by molar-refractivity contribution is 5.94. The van der Waals surface area contributed by atoms with Crippen LogP contribution in [0.1, 0.15) is 17.2 Å². The normalized spacial score (nSPS) is 23.4. The molecule has 1 amide bonds. The molecule has 182 valence electrons. The summed E-state index contributed by atoms with van der Waals surface area (Å²) < 4.78 is 21.8. The van der Waals surface area contributed by atoms with Gasteiger partial charge in [0.25, 0.3) is 11.5 Å². The fourth-order valence-corrected chi connectivity index (χ4v) is 5.52. The molecule has 1 aromatic carbocycles. The third-order valence-electron chi connectivity index (χ3n) is 7.15. The van der Waals surface area contributed by atoms with Crippen LogP contribution >= 0.6 is 0 Å². The van der Waals surface area contributed by atoms with Crippen LogP contribution < -0.4 is 20.9 Å². The maximum Gasteiger partial charge on any atom is 0.263 e. The molecule has 3 aromatic rings. The van der Waals surface area contributed by atoms with Gasteiger partial charge in [0, 0.05) is 62.7 Å². The van der Waals surface area contributed by atoms with Crippen LogP contribution in [0.5, 0.6) is 5.75 Å². The van der Waals surface area contributed by atoms with Gasteiger partial charge in [-0.1, -0.05) is 0 Å². The summed E-state index contributed by atoms with van der Waals surface area (Å²) in [7, 11) is 0. The number of fused-ring (bicyclic) bond motifs is 1. The number of nitrogens with one attached hydrogen (secondary N) is 2. The number of aromatic nitrogens is 2. The van der Waals surface area contributed by atoms with Gasteiger partial charge in [-0.15, -0.1) is 0 Å². The van der Waals surface area contributed by atoms with E-state index in [1.54, 1.807) is 22.8 Å². The van der Waals surface area contributed by atoms with Crippen molar-refractivity contribution in [2.45, 2.75) is 25.1 Å². The van der Waals surface area contributed by atoms with E-state index < -0.39 is 6.10 Å². The van der Waals surface area contributed by atoms with Crippen LogP contribution in [-0.4, -0.2) is 64.4 Å². The summed E-state index contributed by atoms with van der Waals surface area (Å²) in [5.74, 6) is 0.352. The average molecular weight is 480 g/mol. The van der Waals surface area contributed by atoms with Gasteiger partial charge in [0.2, 0.25) is 0 Å². The molecular formula is C25H26FN5O4. The predicted molar refractivity (Wildman–Crippen MR) is 127 cm³/mol. The van der Waals surface area contributed by atoms with Gasteiger partial charge in [0.05, 0.1) is 17.3 Å². The molecule has 9 nitrogen and oxygen atoms in total. The Morgan fingerprint density at radius 1 is 1.14 bits per heavy atom. The second-order valence-corrected chi connectivity index (χ2v) is 9.54. The number of rotatable bonds is 6. The first-order valence-corrected chi connectivity index (χ1v) is 11.8. The Hall–Kier alpha value is -3.34. The van der Waals surface area contributed by atoms with E-state index in [0.717, 1.165) is 11.1 Å². The summed E-state index contributed by atoms with van der Waals surface area (Å²) in [5.41, 5.74) is 1.94. The first-order chi connectivity index (χ1) is 17.0. The third-order valence-corrected chi connectivity index (χ3v) is 7.15. The molecule has 2 aromatic heterocycles. The molecule has 0 saturated carbocycles. The van der Waals surface area contributed by atoms with Gasteiger partial charge >= 0.3 is 0 Å². The predicted octanol–water partition coefficient (Wildman–Crippen LogP) is 1.05. The van der Waals surface area contributed by atoms with Crippen molar-refractivity contribution in [3.05, 3.63) is 63.8 Å². The molecule has 10 heteroatoms. The smallest absolute Gasteiger partial charge is 0.263 e. The number of amides is 1. The maximum atomic E-state index is 14.8. The number of nitrogens with zero attached hydrogens (tertiary/aromatic N) is 3. The van der Waals surface area contributed by atoms with E-state index in [1.807, 2.05) is 6.07 Å². The zero-order chi connectivity index (χ0) is 24.1. The quantitative estimate of drug-likeness (QED) is 0.485. The van der Waals surface area contributed by atoms with Crippen molar-refractivity contribution in [2.24, 2.45) is 5.92 Å². The number of hydrogen-bond acceptors (Lipinski definition) is 7. The van der Waals surface area contributed by atoms with Gasteiger partial charge in [-0.3, -0.25) is 14.5 Å². The largest absolute Gasteiger partial charge is 0.480 e. The Kier molecular flexibility index (Phi) is 5.51. The number of β-amino-alcohol motifs (C(OH)–C–C–N with tert-alkyl or cyclic N) is 1. The molecular weight excluding hydrogens is 453 g/mol. The van der Waals surface area contributed by atoms with E-state index >= 15 is 0 Å². The molecule has 1 fully saturated rings. The number of anilines is 1. The van der Waals surface area contributed by atoms with Crippen molar-refractivity contribution in [1.29, 1.82) is 0 Å². The second-order valence-electron chi connectivity index (χ2n) is 9.54. The second kappa shape index (κ2) is 8.71. The maximum absolute atomic E-state index is 14.8. The van der Waals surface area contributed by atoms with E-state index in [2.05, 4.69) is 20.5 Å². The lowest BCUT2D eigenvalue weighted by Crippen LogP contribution is -2.31. The minimum Gasteiger partial charge on any atom is -0.480 e. The number of halogens is 1. The van der Waals surface area contributed by atoms with Crippen LogP contribution in [0.2, 0.25) is 0 Å². The number of ether oxygens (including phenoxy) is 1. The first kappa shape index (κ1) is 22.1. The summed E-state index contributed by atoms with van der Waals surface area (Å²) in [4.78, 5) is 30.5. The summed E-state index contributed by atoms with van der Waals surface area (Å²) in [6.07, 6.45) is -0.501. The SMILES string of the molecule is O=C1COc2ccc(CNC[C@H]3CN(CC4Cn5c(=O)ccc6ccc(F)c4c65)C[C@H]3O)nc2N1. The summed E-state index contributed by atoms with van der Waals surface area (Å²) in [6.45, 7) is 3.28. The summed E-state index contributed by atoms with van der Waals surface area (Å²) >= 11 is 0. The van der Waals surface area contributed by atoms with Crippen LogP contribution in [0, 0.1) is 11.7 Å². The molecule has 0 aliphatic carbocycles. The van der Waals surface area contributed by atoms with Crippen molar-refractivity contribution in [1.82, 2.24) is 19.8 Å². The Morgan fingerprint density at radius 3 is 2.89 bits per heavy atom. The molecule has 35 heavy (non-hydrogen) atoms. The number of likely N-dealkylation sites (tertiary alicyclic amines) is 1. The van der Waals surface area contributed by atoms with Crippen molar-refractivity contribution >= 4 is 22.6 Å². The van der Waals surface area contributed by atoms with E-state index in [0.29, 0.717) is 61.9 Å². The minimum atomic E-state index is -0.501. The van der Waals surface area contributed by atoms with Crippen LogP contribution in [-0.2, 0) is 17.9 Å². The number of benzene rings is 1. The zero-order valence-electron chi connectivity index (χ0n) is 19.0. The number of pyridine rings is 2. The molecule has 0 bridgehead atoms. The molecule has 0 radical (unpaired) electrons. The molecule has 3 atom stereocenters. The first-order valence-electron chi connectivity index (χ1n) is 11.8. The number of aliphatic hydroxyl groups excluding tert-OH is 1. The molecule has 1 saturated heterocycles. The number of carbonyl (C=O) groups is 1. The Labute approximate surface area is 200 Å². The molecule has 3 N–H and O–H groups in total. The highest BCUT2D eigenvalue weighted by atomic mass is 19.1. The number of carbonyl (C=O) groups excluding carboxylic acids is 1. The average Bonchev–Trinajstić information content (AvgIpc) is 3.39. The van der Waals surface area contributed by atoms with Crippen LogP contribution in [0.3, 0.4) is 0 Å². The summed E-state index contributed by atoms with van der Waals surface area (Å²) in [6, 6.07) is 10.1. The van der Waals surface area contributed by atoms with Crippen molar-refractivity contribution in [2.75, 3.05) is 38.1 Å². The Morgan fingerprint density at radius 2 is 2.00 bits per heavy atom. The molecule has 3 aliphatic heterocycles. The number of hydrogen-bond donors (Lipinski definition) is 3. The van der Waals surface area contributed by atoms with Crippen LogP contribution in [0.15, 0.2) is 41.2 Å². The lowest BCUT2D eigenvalue weighted by Gasteiger charge is -2.21. The zero-order valence-corrected chi connectivity index (χ0v) is 19.0. The standard InChI is InChI=1S/C25H26FN5O4/c26-18-4-1-14-2-6-22(34)31-11-16(23(18)24(14)31)10-30-9-15(19(32)12-30)7-27-8-17-3-5-20-25(28-17)29-21(33)13-35-20/h1-6,15-16,19,27,32H,7-13H2,(H,28,29,33)/t15-,16?,19+/m0/s1. The molecule has 6 rings (SSSR count). The minimum absolute atomic E-state index is 0.00613. The van der Waals surface area contributed by atoms with Crippen LogP contribution in [0.4, 0.5) is 10.2 Å². The highest BCUT2D eigenvalue weighted by Gasteiger charge is 2.35. The van der Waals surface area contributed by atoms with Crippen molar-refractivity contribution < 1.29 is 19.0 Å². The van der Waals surface area contributed by atoms with Gasteiger partial charge in [-0.2, -0.15) is 0 Å². The van der Waals surface area contributed by atoms with Gasteiger partial charge < -0.3 is 25.0 Å².